The number of rotatable bonds is 15. The zero-order chi connectivity index (χ0) is 49.2. The Morgan fingerprint density at radius 1 is 0.329 bits per heavy atom. The maximum Gasteiger partial charge on any atom is 0.673 e. The van der Waals surface area contributed by atoms with Crippen molar-refractivity contribution in [2.24, 2.45) is 9.49 Å². The molecule has 0 atom stereocenters. The van der Waals surface area contributed by atoms with Gasteiger partial charge in [0.1, 0.15) is 11.8 Å². The van der Waals surface area contributed by atoms with Gasteiger partial charge in [-0.1, -0.05) is 194 Å². The average molecular weight is 1190 g/mol. The Bertz CT molecular complexity index is 2390. The molecule has 0 bridgehead atoms. The topological polar surface area (TPSA) is 24.7 Å². The van der Waals surface area contributed by atoms with Crippen LogP contribution in [0, 0.1) is 0 Å². The van der Waals surface area contributed by atoms with Gasteiger partial charge in [0.15, 0.2) is 0 Å². The van der Waals surface area contributed by atoms with Crippen LogP contribution in [0.3, 0.4) is 0 Å². The van der Waals surface area contributed by atoms with Crippen molar-refractivity contribution < 1.29 is 36.7 Å². The summed E-state index contributed by atoms with van der Waals surface area (Å²) in [4.78, 5) is 0. The van der Waals surface area contributed by atoms with Crippen molar-refractivity contribution in [2.45, 2.75) is 0 Å². The Labute approximate surface area is 447 Å². The molecular formula is C54H54BCl4F4N2P4Rh+. The van der Waals surface area contributed by atoms with Crippen molar-refractivity contribution in [3.8, 4) is 0 Å². The Balaban J connectivity index is 0.000000809. The van der Waals surface area contributed by atoms with E-state index in [1.165, 1.54) is 42.4 Å². The summed E-state index contributed by atoms with van der Waals surface area (Å²) in [6.45, 7) is 1.30. The molecule has 0 N–H and O–H groups in total. The minimum atomic E-state index is -6.00. The Morgan fingerprint density at radius 3 is 0.657 bits per heavy atom. The molecule has 8 rings (SSSR count). The van der Waals surface area contributed by atoms with Crippen LogP contribution < -0.4 is 42.4 Å². The molecule has 8 aromatic rings. The van der Waals surface area contributed by atoms with Crippen molar-refractivity contribution in [2.75, 3.05) is 35.6 Å². The number of hydrogen-bond donors (Lipinski definition) is 0. The van der Waals surface area contributed by atoms with E-state index in [2.05, 4.69) is 243 Å². The molecule has 0 aliphatic rings. The number of halogens is 8. The number of nitrogens with zero attached hydrogens (tertiary/aromatic N) is 2. The molecule has 0 heterocycles. The number of hydrogen-bond acceptors (Lipinski definition) is 2. The van der Waals surface area contributed by atoms with Crippen molar-refractivity contribution >= 4 is 126 Å². The third-order valence-corrected chi connectivity index (χ3v) is 27.1. The largest absolute Gasteiger partial charge is 0.673 e. The Morgan fingerprint density at radius 2 is 0.486 bits per heavy atom. The fourth-order valence-electron chi connectivity index (χ4n) is 7.93. The van der Waals surface area contributed by atoms with Gasteiger partial charge in [-0.3, -0.25) is 9.49 Å². The predicted molar refractivity (Wildman–Crippen MR) is 307 cm³/mol. The van der Waals surface area contributed by atoms with Crippen molar-refractivity contribution in [3.05, 3.63) is 243 Å². The Hall–Kier alpha value is -3.35. The summed E-state index contributed by atoms with van der Waals surface area (Å²) >= 11 is 19.1. The van der Waals surface area contributed by atoms with Gasteiger partial charge in [0.2, 0.25) is 0 Å². The molecule has 0 aliphatic carbocycles. The Kier molecular flexibility index (Phi) is 27.0. The van der Waals surface area contributed by atoms with Gasteiger partial charge in [0.05, 0.1) is 74.9 Å². The first-order chi connectivity index (χ1) is 33.6. The first-order valence-corrected chi connectivity index (χ1v) is 31.4. The summed E-state index contributed by atoms with van der Waals surface area (Å²) in [5, 5.41) is 11.4. The molecule has 0 fully saturated rings. The fourth-order valence-corrected chi connectivity index (χ4v) is 26.1. The maximum atomic E-state index is 9.75. The third-order valence-electron chi connectivity index (χ3n) is 10.8. The molecular weight excluding hydrogens is 1130 g/mol. The summed E-state index contributed by atoms with van der Waals surface area (Å²) in [6, 6.07) is 89.5. The third kappa shape index (κ3) is 18.3. The smallest absolute Gasteiger partial charge is 0.418 e. The van der Waals surface area contributed by atoms with E-state index in [-0.39, 0.29) is 30.2 Å². The van der Waals surface area contributed by atoms with Crippen LogP contribution in [-0.2, 0) is 19.5 Å². The van der Waals surface area contributed by atoms with Crippen molar-refractivity contribution in [1.29, 1.82) is 0 Å². The minimum absolute atomic E-state index is 0. The van der Waals surface area contributed by atoms with Crippen molar-refractivity contribution in [1.82, 2.24) is 0 Å². The van der Waals surface area contributed by atoms with E-state index in [0.717, 1.165) is 11.8 Å². The van der Waals surface area contributed by atoms with Crippen LogP contribution in [0.1, 0.15) is 0 Å². The predicted octanol–water partition coefficient (Wildman–Crippen LogP) is 14.5. The molecule has 367 valence electrons. The van der Waals surface area contributed by atoms with Crippen molar-refractivity contribution in [3.63, 3.8) is 0 Å². The molecule has 0 amide bonds. The van der Waals surface area contributed by atoms with Gasteiger partial charge >= 0.3 is 7.25 Å². The minimum Gasteiger partial charge on any atom is -0.418 e. The SMILES string of the molecule is ClCCl.ClCCl.F[B-](F)(F)F.[Rh].c1ccc([PH+](CP(=NCCN=P(C[PH+](c2ccccc2)c2ccccc2)(c2ccccc2)c2ccccc2)(c2ccccc2)c2ccccc2)c2ccccc2)cc1. The van der Waals surface area contributed by atoms with Crippen LogP contribution in [-0.4, -0.2) is 42.8 Å². The molecule has 16 heteroatoms. The number of alkyl halides is 4. The van der Waals surface area contributed by atoms with Crippen LogP contribution in [0.15, 0.2) is 252 Å². The van der Waals surface area contributed by atoms with Crippen LogP contribution in [0.5, 0.6) is 0 Å². The van der Waals surface area contributed by atoms with E-state index in [4.69, 9.17) is 55.9 Å². The van der Waals surface area contributed by atoms with E-state index in [0.29, 0.717) is 13.1 Å². The molecule has 8 aromatic carbocycles. The summed E-state index contributed by atoms with van der Waals surface area (Å²) in [7, 11) is -13.1. The summed E-state index contributed by atoms with van der Waals surface area (Å²) < 4.78 is 51.1. The summed E-state index contributed by atoms with van der Waals surface area (Å²) in [6.07, 6.45) is 0. The molecule has 0 unspecified atom stereocenters. The zero-order valence-corrected chi connectivity index (χ0v) is 46.5. The van der Waals surface area contributed by atoms with E-state index >= 15 is 0 Å². The van der Waals surface area contributed by atoms with E-state index in [9.17, 15) is 17.3 Å². The molecule has 0 spiro atoms. The van der Waals surface area contributed by atoms with Crippen LogP contribution >= 0.6 is 76.4 Å². The van der Waals surface area contributed by atoms with Gasteiger partial charge in [0.25, 0.3) is 0 Å². The van der Waals surface area contributed by atoms with Gasteiger partial charge in [-0.05, 0) is 69.7 Å². The van der Waals surface area contributed by atoms with Gasteiger partial charge in [-0.15, -0.1) is 46.4 Å². The zero-order valence-electron chi connectivity index (χ0n) is 38.1. The second kappa shape index (κ2) is 32.0. The molecule has 0 saturated heterocycles. The second-order valence-electron chi connectivity index (χ2n) is 15.0. The monoisotopic (exact) mass is 1180 g/mol. The van der Waals surface area contributed by atoms with Gasteiger partial charge < -0.3 is 17.3 Å². The van der Waals surface area contributed by atoms with Gasteiger partial charge in [-0.25, -0.2) is 0 Å². The normalized spacial score (nSPS) is 11.1. The van der Waals surface area contributed by atoms with Gasteiger partial charge in [-0.2, -0.15) is 0 Å². The second-order valence-corrected chi connectivity index (χ2v) is 29.1. The standard InChI is InChI=1S/C52H48N2P4.2CH2Cl2.BF4.Rh/c1-9-25-45(26-10-1)55(46-27-11-2-12-28-46)43-57(49-33-17-5-18-34-49,50-35-19-6-20-36-50)53-41-42-54-58(51-37-21-7-22-38-51,52-39-23-8-24-40-52)44-56(47-29-13-3-14-30-47)48-31-15-4-16-32-48;2*2-1-3;2-1(3,4)5;/h1-40H,41-44H2;2*1H2;;/q;;;-1;/p+2. The van der Waals surface area contributed by atoms with Crippen LogP contribution in [0.4, 0.5) is 17.3 Å². The molecule has 0 saturated carbocycles. The van der Waals surface area contributed by atoms with E-state index in [1.807, 2.05) is 0 Å². The van der Waals surface area contributed by atoms with Crippen LogP contribution in [0.25, 0.3) is 0 Å². The van der Waals surface area contributed by atoms with Gasteiger partial charge in [0, 0.05) is 19.5 Å². The first-order valence-electron chi connectivity index (χ1n) is 22.0. The fraction of sp³-hybridized carbons (Fsp3) is 0.111. The molecule has 0 aliphatic heterocycles. The summed E-state index contributed by atoms with van der Waals surface area (Å²) in [5.74, 6) is 1.99. The maximum absolute atomic E-state index is 9.75. The first kappa shape index (κ1) is 59.2. The average Bonchev–Trinajstić information content (AvgIpc) is 3.39. The van der Waals surface area contributed by atoms with E-state index in [1.54, 1.807) is 0 Å². The summed E-state index contributed by atoms with van der Waals surface area (Å²) in [5.41, 5.74) is 0. The molecule has 1 radical (unpaired) electrons. The van der Waals surface area contributed by atoms with Crippen LogP contribution in [0.2, 0.25) is 0 Å². The molecule has 2 nitrogen and oxygen atoms in total. The number of benzene rings is 8. The molecule has 0 aromatic heterocycles. The molecule has 70 heavy (non-hydrogen) atoms. The van der Waals surface area contributed by atoms with E-state index < -0.39 is 37.2 Å². The quantitative estimate of drug-likeness (QED) is 0.0321.